The lowest BCUT2D eigenvalue weighted by molar-refractivity contribution is -0.136. The zero-order chi connectivity index (χ0) is 17.7. The molecule has 0 aliphatic rings. The average Bonchev–Trinajstić information content (AvgIpc) is 2.54. The molecular formula is C17H14Br2ClNO3. The summed E-state index contributed by atoms with van der Waals surface area (Å²) < 4.78 is 6.15. The van der Waals surface area contributed by atoms with E-state index in [1.165, 1.54) is 0 Å². The van der Waals surface area contributed by atoms with Crippen LogP contribution < -0.4 is 5.32 Å². The molecule has 24 heavy (non-hydrogen) atoms. The van der Waals surface area contributed by atoms with Crippen molar-refractivity contribution < 1.29 is 14.6 Å². The Bertz CT molecular complexity index is 753. The summed E-state index contributed by atoms with van der Waals surface area (Å²) in [6.45, 7) is 2.03. The van der Waals surface area contributed by atoms with Crippen LogP contribution in [0.2, 0.25) is 5.02 Å². The molecule has 2 N–H and O–H groups in total. The van der Waals surface area contributed by atoms with Crippen LogP contribution in [0.3, 0.4) is 0 Å². The van der Waals surface area contributed by atoms with Gasteiger partial charge in [-0.25, -0.2) is 4.79 Å². The third-order valence-electron chi connectivity index (χ3n) is 3.05. The van der Waals surface area contributed by atoms with E-state index in [1.54, 1.807) is 49.5 Å². The molecule has 0 atom stereocenters. The van der Waals surface area contributed by atoms with E-state index in [9.17, 15) is 9.90 Å². The minimum atomic E-state index is -0.441. The summed E-state index contributed by atoms with van der Waals surface area (Å²) in [6, 6.07) is 10.3. The van der Waals surface area contributed by atoms with Gasteiger partial charge in [-0.05, 0) is 68.6 Å². The molecule has 126 valence electrons. The third kappa shape index (κ3) is 4.75. The molecule has 0 aliphatic carbocycles. The standard InChI is InChI=1S/C17H14Br2ClNO3/c1-2-24-17(23)13(10-3-5-11(20)6-4-10)9-21-12-7-14(18)16(22)15(19)8-12/h3-9,21-22H,2H2,1H3/b13-9-. The summed E-state index contributed by atoms with van der Waals surface area (Å²) in [7, 11) is 0. The summed E-state index contributed by atoms with van der Waals surface area (Å²) in [6.07, 6.45) is 1.56. The first-order valence-electron chi connectivity index (χ1n) is 7.00. The second-order valence-corrected chi connectivity index (χ2v) is 6.86. The fourth-order valence-corrected chi connectivity index (χ4v) is 3.22. The van der Waals surface area contributed by atoms with Gasteiger partial charge in [-0.15, -0.1) is 0 Å². The number of halogens is 3. The molecule has 0 fully saturated rings. The Morgan fingerprint density at radius 1 is 1.25 bits per heavy atom. The normalized spacial score (nSPS) is 11.2. The lowest BCUT2D eigenvalue weighted by Crippen LogP contribution is -2.08. The number of anilines is 1. The monoisotopic (exact) mass is 473 g/mol. The number of carbonyl (C=O) groups excluding carboxylic acids is 1. The van der Waals surface area contributed by atoms with Crippen molar-refractivity contribution in [1.82, 2.24) is 0 Å². The van der Waals surface area contributed by atoms with Crippen molar-refractivity contribution in [3.05, 3.63) is 62.1 Å². The van der Waals surface area contributed by atoms with Gasteiger partial charge in [0, 0.05) is 16.9 Å². The topological polar surface area (TPSA) is 58.6 Å². The number of hydrogen-bond acceptors (Lipinski definition) is 4. The highest BCUT2D eigenvalue weighted by molar-refractivity contribution is 9.11. The minimum Gasteiger partial charge on any atom is -0.506 e. The Labute approximate surface area is 161 Å². The second kappa shape index (κ2) is 8.55. The molecule has 0 saturated heterocycles. The smallest absolute Gasteiger partial charge is 0.340 e. The largest absolute Gasteiger partial charge is 0.506 e. The summed E-state index contributed by atoms with van der Waals surface area (Å²) in [4.78, 5) is 12.2. The molecule has 7 heteroatoms. The molecular weight excluding hydrogens is 461 g/mol. The van der Waals surface area contributed by atoms with Crippen LogP contribution in [0, 0.1) is 0 Å². The number of rotatable bonds is 5. The number of hydrogen-bond donors (Lipinski definition) is 2. The van der Waals surface area contributed by atoms with Gasteiger partial charge >= 0.3 is 5.97 Å². The van der Waals surface area contributed by atoms with Crippen LogP contribution in [0.4, 0.5) is 5.69 Å². The van der Waals surface area contributed by atoms with Crippen LogP contribution in [0.5, 0.6) is 5.75 Å². The SMILES string of the molecule is CCOC(=O)/C(=C\Nc1cc(Br)c(O)c(Br)c1)c1ccc(Cl)cc1. The maximum absolute atomic E-state index is 12.2. The highest BCUT2D eigenvalue weighted by atomic mass is 79.9. The van der Waals surface area contributed by atoms with Crippen LogP contribution in [0.1, 0.15) is 12.5 Å². The van der Waals surface area contributed by atoms with E-state index in [1.807, 2.05) is 0 Å². The maximum atomic E-state index is 12.2. The van der Waals surface area contributed by atoms with Crippen molar-refractivity contribution in [2.75, 3.05) is 11.9 Å². The number of ether oxygens (including phenoxy) is 1. The predicted octanol–water partition coefficient (Wildman–Crippen LogP) is 5.59. The van der Waals surface area contributed by atoms with E-state index in [2.05, 4.69) is 37.2 Å². The van der Waals surface area contributed by atoms with Gasteiger partial charge in [-0.2, -0.15) is 0 Å². The van der Waals surface area contributed by atoms with Gasteiger partial charge in [0.25, 0.3) is 0 Å². The number of esters is 1. The summed E-state index contributed by atoms with van der Waals surface area (Å²) in [5.41, 5.74) is 1.73. The van der Waals surface area contributed by atoms with E-state index in [4.69, 9.17) is 16.3 Å². The highest BCUT2D eigenvalue weighted by Gasteiger charge is 2.13. The van der Waals surface area contributed by atoms with Gasteiger partial charge in [0.1, 0.15) is 5.75 Å². The molecule has 0 unspecified atom stereocenters. The van der Waals surface area contributed by atoms with Crippen LogP contribution >= 0.6 is 43.5 Å². The number of phenolic OH excluding ortho intramolecular Hbond substituents is 1. The Morgan fingerprint density at radius 3 is 2.38 bits per heavy atom. The lowest BCUT2D eigenvalue weighted by Gasteiger charge is -2.10. The van der Waals surface area contributed by atoms with Gasteiger partial charge in [0.05, 0.1) is 21.1 Å². The van der Waals surface area contributed by atoms with E-state index >= 15 is 0 Å². The Kier molecular flexibility index (Phi) is 6.71. The van der Waals surface area contributed by atoms with Crippen molar-refractivity contribution in [3.63, 3.8) is 0 Å². The van der Waals surface area contributed by atoms with E-state index in [0.717, 1.165) is 0 Å². The molecule has 0 aliphatic heterocycles. The molecule has 0 amide bonds. The van der Waals surface area contributed by atoms with Crippen LogP contribution in [0.15, 0.2) is 51.5 Å². The van der Waals surface area contributed by atoms with Crippen LogP contribution in [-0.4, -0.2) is 17.7 Å². The molecule has 0 radical (unpaired) electrons. The Morgan fingerprint density at radius 2 is 1.83 bits per heavy atom. The Balaban J connectivity index is 2.34. The molecule has 2 aromatic rings. The third-order valence-corrected chi connectivity index (χ3v) is 4.51. The van der Waals surface area contributed by atoms with Crippen LogP contribution in [-0.2, 0) is 9.53 Å². The predicted molar refractivity (Wildman–Crippen MR) is 103 cm³/mol. The first-order valence-corrected chi connectivity index (χ1v) is 8.96. The highest BCUT2D eigenvalue weighted by Crippen LogP contribution is 2.35. The minimum absolute atomic E-state index is 0.104. The molecule has 0 bridgehead atoms. The fourth-order valence-electron chi connectivity index (χ4n) is 1.90. The zero-order valence-corrected chi connectivity index (χ0v) is 16.6. The van der Waals surface area contributed by atoms with E-state index in [-0.39, 0.29) is 12.4 Å². The second-order valence-electron chi connectivity index (χ2n) is 4.72. The molecule has 0 aromatic heterocycles. The number of carbonyl (C=O) groups is 1. The number of nitrogens with one attached hydrogen (secondary N) is 1. The van der Waals surface area contributed by atoms with Crippen molar-refractivity contribution >= 4 is 60.7 Å². The van der Waals surface area contributed by atoms with Crippen molar-refractivity contribution in [3.8, 4) is 5.75 Å². The first-order chi connectivity index (χ1) is 11.4. The van der Waals surface area contributed by atoms with E-state index in [0.29, 0.717) is 30.8 Å². The maximum Gasteiger partial charge on any atom is 0.340 e. The van der Waals surface area contributed by atoms with Crippen LogP contribution in [0.25, 0.3) is 5.57 Å². The van der Waals surface area contributed by atoms with Crippen molar-refractivity contribution in [1.29, 1.82) is 0 Å². The Hall–Kier alpha value is -1.50. The molecule has 0 spiro atoms. The quantitative estimate of drug-likeness (QED) is 0.336. The van der Waals surface area contributed by atoms with Gasteiger partial charge < -0.3 is 15.2 Å². The molecule has 0 heterocycles. The zero-order valence-electron chi connectivity index (χ0n) is 12.6. The summed E-state index contributed by atoms with van der Waals surface area (Å²) in [5, 5.41) is 13.4. The summed E-state index contributed by atoms with van der Waals surface area (Å²) >= 11 is 12.4. The molecule has 0 saturated carbocycles. The lowest BCUT2D eigenvalue weighted by atomic mass is 10.1. The van der Waals surface area contributed by atoms with Gasteiger partial charge in [0.15, 0.2) is 0 Å². The van der Waals surface area contributed by atoms with Gasteiger partial charge in [0.2, 0.25) is 0 Å². The van der Waals surface area contributed by atoms with Gasteiger partial charge in [-0.1, -0.05) is 23.7 Å². The van der Waals surface area contributed by atoms with E-state index < -0.39 is 5.97 Å². The number of benzene rings is 2. The van der Waals surface area contributed by atoms with Gasteiger partial charge in [-0.3, -0.25) is 0 Å². The fraction of sp³-hybridized carbons (Fsp3) is 0.118. The number of phenols is 1. The summed E-state index contributed by atoms with van der Waals surface area (Å²) in [5.74, 6) is -0.336. The molecule has 2 rings (SSSR count). The van der Waals surface area contributed by atoms with Crippen molar-refractivity contribution in [2.24, 2.45) is 0 Å². The van der Waals surface area contributed by atoms with Crippen molar-refractivity contribution in [2.45, 2.75) is 6.92 Å². The molecule has 4 nitrogen and oxygen atoms in total. The number of aromatic hydroxyl groups is 1. The first kappa shape index (κ1) is 18.8. The average molecular weight is 476 g/mol. The molecule has 2 aromatic carbocycles.